The molecule has 0 unspecified atom stereocenters. The summed E-state index contributed by atoms with van der Waals surface area (Å²) in [6, 6.07) is 10.5. The van der Waals surface area contributed by atoms with E-state index in [4.69, 9.17) is 16.0 Å². The van der Waals surface area contributed by atoms with E-state index in [-0.39, 0.29) is 40.2 Å². The number of hydrogen-bond donors (Lipinski definition) is 2. The van der Waals surface area contributed by atoms with Gasteiger partial charge in [0.05, 0.1) is 16.4 Å². The smallest absolute Gasteiger partial charge is 0.477 e. The van der Waals surface area contributed by atoms with E-state index < -0.39 is 21.5 Å². The van der Waals surface area contributed by atoms with Gasteiger partial charge in [0.1, 0.15) is 11.4 Å². The van der Waals surface area contributed by atoms with Crippen LogP contribution in [0.25, 0.3) is 22.3 Å². The van der Waals surface area contributed by atoms with E-state index in [1.54, 1.807) is 27.5 Å². The standard InChI is InChI=1S/C25H21ClF3N3O5S/c1-2-19-30-21(14-8-9-14)22(24(33)34)32(19)12-13-7-10-18-16(11-13)20(26)23(37-18)15-5-3-4-6-17(15)31-38(35,36)25(27,28)29/h3-7,10-11,14,31H,2,8-9,12H2,1H3,(H,33,34). The van der Waals surface area contributed by atoms with Gasteiger partial charge in [0, 0.05) is 29.8 Å². The van der Waals surface area contributed by atoms with E-state index in [1.807, 2.05) is 6.92 Å². The Bertz CT molecular complexity index is 1670. The Morgan fingerprint density at radius 1 is 1.24 bits per heavy atom. The van der Waals surface area contributed by atoms with Gasteiger partial charge in [-0.1, -0.05) is 36.7 Å². The number of aryl methyl sites for hydroxylation is 1. The third-order valence-corrected chi connectivity index (χ3v) is 7.78. The van der Waals surface area contributed by atoms with Gasteiger partial charge in [-0.2, -0.15) is 21.6 Å². The number of fused-ring (bicyclic) bond motifs is 1. The molecule has 0 radical (unpaired) electrons. The molecule has 2 aromatic carbocycles. The zero-order chi connectivity index (χ0) is 27.4. The third-order valence-electron chi connectivity index (χ3n) is 6.31. The molecule has 1 saturated carbocycles. The molecule has 0 amide bonds. The van der Waals surface area contributed by atoms with Crippen LogP contribution in [0.5, 0.6) is 0 Å². The van der Waals surface area contributed by atoms with Crippen LogP contribution in [0.2, 0.25) is 5.02 Å². The summed E-state index contributed by atoms with van der Waals surface area (Å²) in [7, 11) is -5.67. The average molecular weight is 568 g/mol. The quantitative estimate of drug-likeness (QED) is 0.255. The number of nitrogens with zero attached hydrogens (tertiary/aromatic N) is 2. The highest BCUT2D eigenvalue weighted by molar-refractivity contribution is 7.93. The number of aromatic carboxylic acids is 1. The van der Waals surface area contributed by atoms with E-state index in [9.17, 15) is 31.5 Å². The predicted molar refractivity (Wildman–Crippen MR) is 135 cm³/mol. The molecule has 13 heteroatoms. The monoisotopic (exact) mass is 567 g/mol. The molecule has 5 rings (SSSR count). The molecule has 0 spiro atoms. The second-order valence-corrected chi connectivity index (χ2v) is 11.0. The lowest BCUT2D eigenvalue weighted by atomic mass is 10.1. The Hall–Kier alpha value is -3.51. The maximum Gasteiger partial charge on any atom is 0.516 e. The molecule has 2 N–H and O–H groups in total. The number of halogens is 4. The van der Waals surface area contributed by atoms with Crippen molar-refractivity contribution in [3.05, 3.63) is 70.3 Å². The zero-order valence-electron chi connectivity index (χ0n) is 19.8. The lowest BCUT2D eigenvalue weighted by Crippen LogP contribution is -2.30. The Morgan fingerprint density at radius 3 is 2.58 bits per heavy atom. The van der Waals surface area contributed by atoms with Crippen molar-refractivity contribution in [3.8, 4) is 11.3 Å². The van der Waals surface area contributed by atoms with Gasteiger partial charge in [-0.05, 0) is 42.7 Å². The minimum atomic E-state index is -5.67. The van der Waals surface area contributed by atoms with Crippen LogP contribution in [0.4, 0.5) is 18.9 Å². The molecule has 2 aromatic heterocycles. The maximum atomic E-state index is 13.0. The molecule has 1 aliphatic rings. The number of sulfonamides is 1. The maximum absolute atomic E-state index is 13.0. The lowest BCUT2D eigenvalue weighted by Gasteiger charge is -2.13. The Labute approximate surface area is 220 Å². The summed E-state index contributed by atoms with van der Waals surface area (Å²) in [5, 5.41) is 10.4. The molecule has 2 heterocycles. The molecule has 0 aliphatic heterocycles. The van der Waals surface area contributed by atoms with Crippen LogP contribution in [-0.2, 0) is 23.0 Å². The van der Waals surface area contributed by atoms with Crippen LogP contribution in [0.3, 0.4) is 0 Å². The normalized spacial score (nSPS) is 14.2. The van der Waals surface area contributed by atoms with Crippen molar-refractivity contribution in [1.82, 2.24) is 9.55 Å². The number of nitrogens with one attached hydrogen (secondary N) is 1. The van der Waals surface area contributed by atoms with E-state index in [0.29, 0.717) is 34.5 Å². The fourth-order valence-corrected chi connectivity index (χ4v) is 5.24. The number of furan rings is 1. The molecule has 200 valence electrons. The van der Waals surface area contributed by atoms with Gasteiger partial charge in [-0.15, -0.1) is 0 Å². The molecule has 1 aliphatic carbocycles. The number of anilines is 1. The van der Waals surface area contributed by atoms with E-state index in [0.717, 1.165) is 12.8 Å². The predicted octanol–water partition coefficient (Wildman–Crippen LogP) is 6.40. The first-order valence-electron chi connectivity index (χ1n) is 11.6. The van der Waals surface area contributed by atoms with Crippen molar-refractivity contribution in [3.63, 3.8) is 0 Å². The third kappa shape index (κ3) is 4.62. The van der Waals surface area contributed by atoms with Gasteiger partial charge in [0.2, 0.25) is 0 Å². The van der Waals surface area contributed by atoms with Crippen LogP contribution in [-0.4, -0.2) is 34.6 Å². The molecule has 0 bridgehead atoms. The number of para-hydroxylation sites is 1. The number of carboxylic acid groups (broad SMARTS) is 1. The summed E-state index contributed by atoms with van der Waals surface area (Å²) >= 11 is 6.59. The number of benzene rings is 2. The fraction of sp³-hybridized carbons (Fsp3) is 0.280. The summed E-state index contributed by atoms with van der Waals surface area (Å²) in [5.41, 5.74) is -4.06. The SMILES string of the molecule is CCc1nc(C2CC2)c(C(=O)O)n1Cc1ccc2oc(-c3ccccc3NS(=O)(=O)C(F)(F)F)c(Cl)c2c1. The minimum Gasteiger partial charge on any atom is -0.477 e. The topological polar surface area (TPSA) is 114 Å². The summed E-state index contributed by atoms with van der Waals surface area (Å²) in [4.78, 5) is 16.7. The van der Waals surface area contributed by atoms with Crippen LogP contribution >= 0.6 is 11.6 Å². The summed E-state index contributed by atoms with van der Waals surface area (Å²) in [6.07, 6.45) is 2.34. The summed E-state index contributed by atoms with van der Waals surface area (Å²) in [6.45, 7) is 2.10. The van der Waals surface area contributed by atoms with Gasteiger partial charge < -0.3 is 14.1 Å². The number of alkyl halides is 3. The van der Waals surface area contributed by atoms with Crippen molar-refractivity contribution >= 4 is 44.3 Å². The number of carboxylic acids is 1. The highest BCUT2D eigenvalue weighted by Crippen LogP contribution is 2.43. The number of rotatable bonds is 8. The van der Waals surface area contributed by atoms with Gasteiger partial charge in [0.15, 0.2) is 11.5 Å². The lowest BCUT2D eigenvalue weighted by molar-refractivity contribution is -0.0429. The van der Waals surface area contributed by atoms with Crippen LogP contribution in [0.1, 0.15) is 53.3 Å². The molecule has 4 aromatic rings. The molecule has 1 fully saturated rings. The Kier molecular flexibility index (Phi) is 6.42. The fourth-order valence-electron chi connectivity index (χ4n) is 4.37. The molecular formula is C25H21ClF3N3O5S. The van der Waals surface area contributed by atoms with E-state index in [1.165, 1.54) is 24.3 Å². The van der Waals surface area contributed by atoms with Crippen LogP contribution < -0.4 is 4.72 Å². The molecule has 38 heavy (non-hydrogen) atoms. The number of carbonyl (C=O) groups is 1. The first kappa shape index (κ1) is 26.1. The molecule has 8 nitrogen and oxygen atoms in total. The highest BCUT2D eigenvalue weighted by Gasteiger charge is 2.46. The highest BCUT2D eigenvalue weighted by atomic mass is 35.5. The largest absolute Gasteiger partial charge is 0.516 e. The van der Waals surface area contributed by atoms with Gasteiger partial charge in [-0.3, -0.25) is 4.72 Å². The van der Waals surface area contributed by atoms with Crippen molar-refractivity contribution in [2.45, 2.75) is 44.2 Å². The summed E-state index contributed by atoms with van der Waals surface area (Å²) in [5.74, 6) is -0.273. The average Bonchev–Trinajstić information content (AvgIpc) is 3.56. The Morgan fingerprint density at radius 2 is 1.95 bits per heavy atom. The number of hydrogen-bond acceptors (Lipinski definition) is 5. The number of aromatic nitrogens is 2. The van der Waals surface area contributed by atoms with Crippen LogP contribution in [0, 0.1) is 0 Å². The van der Waals surface area contributed by atoms with Gasteiger partial charge in [-0.25, -0.2) is 9.78 Å². The minimum absolute atomic E-state index is 0.0154. The van der Waals surface area contributed by atoms with Crippen molar-refractivity contribution in [2.75, 3.05) is 4.72 Å². The molecule has 0 atom stereocenters. The molecular weight excluding hydrogens is 547 g/mol. The zero-order valence-corrected chi connectivity index (χ0v) is 21.4. The molecule has 0 saturated heterocycles. The van der Waals surface area contributed by atoms with Crippen molar-refractivity contribution in [1.29, 1.82) is 0 Å². The van der Waals surface area contributed by atoms with Gasteiger partial charge in [0.25, 0.3) is 0 Å². The second-order valence-electron chi connectivity index (χ2n) is 8.95. The van der Waals surface area contributed by atoms with Crippen LogP contribution in [0.15, 0.2) is 46.9 Å². The first-order chi connectivity index (χ1) is 17.9. The summed E-state index contributed by atoms with van der Waals surface area (Å²) < 4.78 is 71.3. The van der Waals surface area contributed by atoms with Crippen molar-refractivity contribution < 1.29 is 35.9 Å². The Balaban J connectivity index is 1.54. The van der Waals surface area contributed by atoms with E-state index in [2.05, 4.69) is 4.98 Å². The van der Waals surface area contributed by atoms with E-state index >= 15 is 0 Å². The van der Waals surface area contributed by atoms with Crippen molar-refractivity contribution in [2.24, 2.45) is 0 Å². The second kappa shape index (κ2) is 9.35. The number of imidazole rings is 1. The van der Waals surface area contributed by atoms with Gasteiger partial charge >= 0.3 is 21.5 Å². The first-order valence-corrected chi connectivity index (χ1v) is 13.5.